The van der Waals surface area contributed by atoms with E-state index in [4.69, 9.17) is 4.74 Å². The van der Waals surface area contributed by atoms with Gasteiger partial charge in [-0.2, -0.15) is 0 Å². The Kier molecular flexibility index (Phi) is 5.59. The molecule has 1 amide bonds. The first-order chi connectivity index (χ1) is 11.0. The minimum atomic E-state index is -0.456. The van der Waals surface area contributed by atoms with Crippen molar-refractivity contribution in [2.45, 2.75) is 0 Å². The van der Waals surface area contributed by atoms with E-state index in [-0.39, 0.29) is 18.3 Å². The number of carbonyl (C=O) groups excluding carboxylic acids is 2. The number of esters is 1. The Balaban J connectivity index is 1.93. The molecule has 0 bridgehead atoms. The predicted molar refractivity (Wildman–Crippen MR) is 87.7 cm³/mol. The van der Waals surface area contributed by atoms with E-state index in [0.29, 0.717) is 21.5 Å². The summed E-state index contributed by atoms with van der Waals surface area (Å²) in [7, 11) is 1.30. The Bertz CT molecular complexity index is 715. The number of hydrogen-bond donors (Lipinski definition) is 2. The van der Waals surface area contributed by atoms with Crippen LogP contribution in [-0.4, -0.2) is 30.7 Å². The summed E-state index contributed by atoms with van der Waals surface area (Å²) in [5.41, 5.74) is 0.928. The van der Waals surface area contributed by atoms with Crippen LogP contribution in [0.5, 0.6) is 11.5 Å². The molecule has 2 aromatic rings. The highest BCUT2D eigenvalue weighted by Gasteiger charge is 2.10. The number of amides is 1. The van der Waals surface area contributed by atoms with Crippen LogP contribution in [0, 0.1) is 0 Å². The molecule has 2 aromatic carbocycles. The lowest BCUT2D eigenvalue weighted by molar-refractivity contribution is -0.118. The zero-order valence-electron chi connectivity index (χ0n) is 12.2. The smallest absolute Gasteiger partial charge is 0.337 e. The van der Waals surface area contributed by atoms with Crippen LogP contribution in [0.4, 0.5) is 5.69 Å². The molecule has 0 aliphatic heterocycles. The van der Waals surface area contributed by atoms with Crippen molar-refractivity contribution in [3.63, 3.8) is 0 Å². The van der Waals surface area contributed by atoms with Crippen molar-refractivity contribution >= 4 is 33.5 Å². The predicted octanol–water partition coefficient (Wildman–Crippen LogP) is 2.96. The van der Waals surface area contributed by atoms with Crippen molar-refractivity contribution in [1.82, 2.24) is 0 Å². The fraction of sp³-hybridized carbons (Fsp3) is 0.125. The highest BCUT2D eigenvalue weighted by molar-refractivity contribution is 9.10. The van der Waals surface area contributed by atoms with E-state index in [2.05, 4.69) is 26.0 Å². The summed E-state index contributed by atoms with van der Waals surface area (Å²) in [6.07, 6.45) is 0. The average molecular weight is 380 g/mol. The van der Waals surface area contributed by atoms with Gasteiger partial charge in [0.2, 0.25) is 0 Å². The maximum atomic E-state index is 11.8. The fourth-order valence-corrected chi connectivity index (χ4v) is 2.24. The molecule has 6 nitrogen and oxygen atoms in total. The number of phenolic OH excluding ortho intramolecular Hbond substituents is 1. The number of anilines is 1. The van der Waals surface area contributed by atoms with E-state index >= 15 is 0 Å². The third-order valence-electron chi connectivity index (χ3n) is 2.86. The summed E-state index contributed by atoms with van der Waals surface area (Å²) in [5, 5.41) is 11.8. The molecule has 0 atom stereocenters. The second kappa shape index (κ2) is 7.64. The molecule has 120 valence electrons. The third-order valence-corrected chi connectivity index (χ3v) is 3.48. The van der Waals surface area contributed by atoms with Crippen LogP contribution in [-0.2, 0) is 9.53 Å². The van der Waals surface area contributed by atoms with Crippen molar-refractivity contribution in [1.29, 1.82) is 0 Å². The molecule has 0 saturated heterocycles. The lowest BCUT2D eigenvalue weighted by Gasteiger charge is -2.10. The molecule has 23 heavy (non-hydrogen) atoms. The van der Waals surface area contributed by atoms with E-state index in [1.807, 2.05) is 0 Å². The first kappa shape index (κ1) is 16.8. The van der Waals surface area contributed by atoms with E-state index in [9.17, 15) is 14.7 Å². The van der Waals surface area contributed by atoms with E-state index in [1.165, 1.54) is 19.2 Å². The quantitative estimate of drug-likeness (QED) is 0.616. The number of aromatic hydroxyl groups is 1. The third kappa shape index (κ3) is 4.72. The normalized spacial score (nSPS) is 10.0. The van der Waals surface area contributed by atoms with Gasteiger partial charge in [-0.15, -0.1) is 0 Å². The topological polar surface area (TPSA) is 84.9 Å². The molecule has 0 aromatic heterocycles. The number of carbonyl (C=O) groups is 2. The van der Waals surface area contributed by atoms with E-state index < -0.39 is 5.97 Å². The molecule has 0 saturated carbocycles. The molecule has 0 aliphatic carbocycles. The molecule has 0 radical (unpaired) electrons. The molecule has 2 N–H and O–H groups in total. The summed E-state index contributed by atoms with van der Waals surface area (Å²) in [5.74, 6) is -0.255. The molecule has 0 heterocycles. The van der Waals surface area contributed by atoms with Gasteiger partial charge in [0, 0.05) is 5.69 Å². The summed E-state index contributed by atoms with van der Waals surface area (Å²) >= 11 is 3.28. The zero-order chi connectivity index (χ0) is 16.8. The first-order valence-electron chi connectivity index (χ1n) is 6.59. The minimum Gasteiger partial charge on any atom is -0.508 e. The number of methoxy groups -OCH3 is 1. The van der Waals surface area contributed by atoms with Crippen LogP contribution in [0.2, 0.25) is 0 Å². The van der Waals surface area contributed by atoms with Gasteiger partial charge >= 0.3 is 5.97 Å². The van der Waals surface area contributed by atoms with Gasteiger partial charge in [0.1, 0.15) is 11.5 Å². The van der Waals surface area contributed by atoms with E-state index in [1.54, 1.807) is 30.3 Å². The summed E-state index contributed by atoms with van der Waals surface area (Å²) in [4.78, 5) is 23.2. The second-order valence-corrected chi connectivity index (χ2v) is 5.37. The largest absolute Gasteiger partial charge is 0.508 e. The average Bonchev–Trinajstić information content (AvgIpc) is 2.55. The monoisotopic (exact) mass is 379 g/mol. The summed E-state index contributed by atoms with van der Waals surface area (Å²) in [6.45, 7) is -0.197. The van der Waals surface area contributed by atoms with E-state index in [0.717, 1.165) is 0 Å². The lowest BCUT2D eigenvalue weighted by atomic mass is 10.2. The van der Waals surface area contributed by atoms with Crippen molar-refractivity contribution in [3.05, 3.63) is 52.5 Å². The number of rotatable bonds is 5. The van der Waals surface area contributed by atoms with Crippen molar-refractivity contribution < 1.29 is 24.2 Å². The minimum absolute atomic E-state index is 0.119. The number of nitrogens with one attached hydrogen (secondary N) is 1. The highest BCUT2D eigenvalue weighted by atomic mass is 79.9. The van der Waals surface area contributed by atoms with Crippen molar-refractivity contribution in [2.24, 2.45) is 0 Å². The standard InChI is InChI=1S/C16H14BrNO5/c1-22-16(21)10-2-7-14(13(17)8-10)23-9-15(20)18-11-3-5-12(19)6-4-11/h2-8,19H,9H2,1H3,(H,18,20). The summed E-state index contributed by atoms with van der Waals surface area (Å²) in [6, 6.07) is 10.8. The Hall–Kier alpha value is -2.54. The van der Waals surface area contributed by atoms with Gasteiger partial charge in [0.05, 0.1) is 17.1 Å². The van der Waals surface area contributed by atoms with Crippen LogP contribution < -0.4 is 10.1 Å². The first-order valence-corrected chi connectivity index (χ1v) is 7.38. The second-order valence-electron chi connectivity index (χ2n) is 4.52. The van der Waals surface area contributed by atoms with Crippen molar-refractivity contribution in [2.75, 3.05) is 19.0 Å². The van der Waals surface area contributed by atoms with Crippen LogP contribution in [0.25, 0.3) is 0 Å². The van der Waals surface area contributed by atoms with Gasteiger partial charge in [0.15, 0.2) is 6.61 Å². The maximum absolute atomic E-state index is 11.8. The van der Waals surface area contributed by atoms with Gasteiger partial charge in [-0.05, 0) is 58.4 Å². The Labute approximate surface area is 141 Å². The molecule has 7 heteroatoms. The van der Waals surface area contributed by atoms with Crippen LogP contribution in [0.3, 0.4) is 0 Å². The number of benzene rings is 2. The molecule has 0 aliphatic rings. The van der Waals surface area contributed by atoms with Crippen LogP contribution in [0.1, 0.15) is 10.4 Å². The van der Waals surface area contributed by atoms with Gasteiger partial charge < -0.3 is 19.9 Å². The number of phenols is 1. The number of ether oxygens (including phenoxy) is 2. The van der Waals surface area contributed by atoms with Gasteiger partial charge in [-0.1, -0.05) is 0 Å². The van der Waals surface area contributed by atoms with Gasteiger partial charge in [-0.25, -0.2) is 4.79 Å². The Morgan fingerprint density at radius 2 is 1.87 bits per heavy atom. The molecular formula is C16H14BrNO5. The highest BCUT2D eigenvalue weighted by Crippen LogP contribution is 2.26. The van der Waals surface area contributed by atoms with Crippen LogP contribution in [0.15, 0.2) is 46.9 Å². The molecular weight excluding hydrogens is 366 g/mol. The fourth-order valence-electron chi connectivity index (χ4n) is 1.75. The van der Waals surface area contributed by atoms with Gasteiger partial charge in [-0.3, -0.25) is 4.79 Å². The number of hydrogen-bond acceptors (Lipinski definition) is 5. The summed E-state index contributed by atoms with van der Waals surface area (Å²) < 4.78 is 10.6. The molecule has 0 fully saturated rings. The molecule has 2 rings (SSSR count). The lowest BCUT2D eigenvalue weighted by Crippen LogP contribution is -2.20. The van der Waals surface area contributed by atoms with Gasteiger partial charge in [0.25, 0.3) is 5.91 Å². The molecule has 0 spiro atoms. The van der Waals surface area contributed by atoms with Crippen LogP contribution >= 0.6 is 15.9 Å². The molecule has 0 unspecified atom stereocenters. The SMILES string of the molecule is COC(=O)c1ccc(OCC(=O)Nc2ccc(O)cc2)c(Br)c1. The maximum Gasteiger partial charge on any atom is 0.337 e. The zero-order valence-corrected chi connectivity index (χ0v) is 13.8. The Morgan fingerprint density at radius 1 is 1.17 bits per heavy atom. The van der Waals surface area contributed by atoms with Crippen molar-refractivity contribution in [3.8, 4) is 11.5 Å². The number of halogens is 1. The Morgan fingerprint density at radius 3 is 2.48 bits per heavy atom.